The van der Waals surface area contributed by atoms with Crippen molar-refractivity contribution < 1.29 is 9.59 Å². The molecular formula is C13H21N3O2. The molecule has 0 unspecified atom stereocenters. The lowest BCUT2D eigenvalue weighted by Gasteiger charge is -2.39. The molecule has 0 bridgehead atoms. The standard InChI is InChI=1S/C13H21N3O2/c17-11-8-13(9-14-11)4-6-16(7-5-13)12(18)15-10-2-1-3-10/h10H,1-9H2,(H,14,17)(H,15,18). The van der Waals surface area contributed by atoms with Crippen LogP contribution < -0.4 is 10.6 Å². The fourth-order valence-electron chi connectivity index (χ4n) is 3.11. The third-order valence-electron chi connectivity index (χ3n) is 4.74. The topological polar surface area (TPSA) is 61.4 Å². The van der Waals surface area contributed by atoms with E-state index >= 15 is 0 Å². The fourth-order valence-corrected chi connectivity index (χ4v) is 3.11. The molecular weight excluding hydrogens is 230 g/mol. The van der Waals surface area contributed by atoms with Crippen LogP contribution in [0.1, 0.15) is 38.5 Å². The number of hydrogen-bond acceptors (Lipinski definition) is 2. The van der Waals surface area contributed by atoms with Crippen molar-refractivity contribution >= 4 is 11.9 Å². The maximum absolute atomic E-state index is 12.0. The summed E-state index contributed by atoms with van der Waals surface area (Å²) in [4.78, 5) is 25.2. The number of nitrogens with one attached hydrogen (secondary N) is 2. The molecule has 2 saturated heterocycles. The highest BCUT2D eigenvalue weighted by atomic mass is 16.2. The summed E-state index contributed by atoms with van der Waals surface area (Å²) in [6.07, 6.45) is 6.03. The molecule has 18 heavy (non-hydrogen) atoms. The van der Waals surface area contributed by atoms with Crippen molar-refractivity contribution in [2.24, 2.45) is 5.41 Å². The molecule has 1 aliphatic carbocycles. The highest BCUT2D eigenvalue weighted by molar-refractivity contribution is 5.79. The minimum atomic E-state index is 0.0897. The third-order valence-corrected chi connectivity index (χ3v) is 4.74. The predicted octanol–water partition coefficient (Wildman–Crippen LogP) is 0.851. The zero-order chi connectivity index (χ0) is 12.6. The van der Waals surface area contributed by atoms with Crippen LogP contribution in [0.15, 0.2) is 0 Å². The van der Waals surface area contributed by atoms with E-state index in [0.717, 1.165) is 45.3 Å². The van der Waals surface area contributed by atoms with Gasteiger partial charge in [0.25, 0.3) is 0 Å². The first-order valence-corrected chi connectivity index (χ1v) is 6.99. The maximum atomic E-state index is 12.0. The minimum absolute atomic E-state index is 0.0897. The van der Waals surface area contributed by atoms with Gasteiger partial charge in [-0.3, -0.25) is 4.79 Å². The molecule has 3 fully saturated rings. The first-order chi connectivity index (χ1) is 8.67. The van der Waals surface area contributed by atoms with Crippen LogP contribution in [0.5, 0.6) is 0 Å². The van der Waals surface area contributed by atoms with Crippen LogP contribution >= 0.6 is 0 Å². The Hall–Kier alpha value is -1.26. The summed E-state index contributed by atoms with van der Waals surface area (Å²) in [6, 6.07) is 0.495. The van der Waals surface area contributed by atoms with Gasteiger partial charge in [0.1, 0.15) is 0 Å². The summed E-state index contributed by atoms with van der Waals surface area (Å²) >= 11 is 0. The van der Waals surface area contributed by atoms with Crippen molar-refractivity contribution in [2.45, 2.75) is 44.6 Å². The molecule has 2 heterocycles. The Morgan fingerprint density at radius 2 is 2.06 bits per heavy atom. The van der Waals surface area contributed by atoms with Gasteiger partial charge in [-0.05, 0) is 37.5 Å². The van der Waals surface area contributed by atoms with Crippen molar-refractivity contribution in [1.29, 1.82) is 0 Å². The molecule has 2 N–H and O–H groups in total. The van der Waals surface area contributed by atoms with Gasteiger partial charge < -0.3 is 15.5 Å². The van der Waals surface area contributed by atoms with Gasteiger partial charge in [0, 0.05) is 32.1 Å². The van der Waals surface area contributed by atoms with Crippen LogP contribution in [0.4, 0.5) is 4.79 Å². The molecule has 100 valence electrons. The minimum Gasteiger partial charge on any atom is -0.356 e. The normalized spacial score (nSPS) is 26.9. The van der Waals surface area contributed by atoms with Crippen molar-refractivity contribution in [3.63, 3.8) is 0 Å². The summed E-state index contributed by atoms with van der Waals surface area (Å²) < 4.78 is 0. The number of carbonyl (C=O) groups excluding carboxylic acids is 2. The predicted molar refractivity (Wildman–Crippen MR) is 67.0 cm³/mol. The molecule has 3 aliphatic rings. The molecule has 5 heteroatoms. The quantitative estimate of drug-likeness (QED) is 0.726. The second kappa shape index (κ2) is 4.44. The molecule has 1 saturated carbocycles. The lowest BCUT2D eigenvalue weighted by atomic mass is 9.78. The van der Waals surface area contributed by atoms with Crippen LogP contribution in [-0.2, 0) is 4.79 Å². The van der Waals surface area contributed by atoms with Crippen molar-refractivity contribution in [3.05, 3.63) is 0 Å². The lowest BCUT2D eigenvalue weighted by Crippen LogP contribution is -2.51. The molecule has 3 amide bonds. The fraction of sp³-hybridized carbons (Fsp3) is 0.846. The number of carbonyl (C=O) groups is 2. The average molecular weight is 251 g/mol. The van der Waals surface area contributed by atoms with Crippen molar-refractivity contribution in [2.75, 3.05) is 19.6 Å². The molecule has 0 radical (unpaired) electrons. The van der Waals surface area contributed by atoms with E-state index in [0.29, 0.717) is 12.5 Å². The van der Waals surface area contributed by atoms with Crippen LogP contribution in [0.2, 0.25) is 0 Å². The van der Waals surface area contributed by atoms with Gasteiger partial charge in [0.15, 0.2) is 0 Å². The second-order valence-corrected chi connectivity index (χ2v) is 6.02. The molecule has 3 rings (SSSR count). The maximum Gasteiger partial charge on any atom is 0.317 e. The number of likely N-dealkylation sites (tertiary alicyclic amines) is 1. The highest BCUT2D eigenvalue weighted by Gasteiger charge is 2.41. The molecule has 5 nitrogen and oxygen atoms in total. The Morgan fingerprint density at radius 3 is 2.56 bits per heavy atom. The Kier molecular flexibility index (Phi) is 2.92. The van der Waals surface area contributed by atoms with Gasteiger partial charge in [-0.1, -0.05) is 0 Å². The van der Waals surface area contributed by atoms with Gasteiger partial charge in [0.2, 0.25) is 5.91 Å². The molecule has 0 aromatic rings. The Labute approximate surface area is 107 Å². The average Bonchev–Trinajstić information content (AvgIpc) is 2.66. The lowest BCUT2D eigenvalue weighted by molar-refractivity contribution is -0.119. The van der Waals surface area contributed by atoms with E-state index in [4.69, 9.17) is 0 Å². The van der Waals surface area contributed by atoms with Crippen molar-refractivity contribution in [1.82, 2.24) is 15.5 Å². The van der Waals surface area contributed by atoms with E-state index in [-0.39, 0.29) is 17.4 Å². The first kappa shape index (κ1) is 11.8. The van der Waals surface area contributed by atoms with Gasteiger partial charge in [-0.2, -0.15) is 0 Å². The summed E-state index contributed by atoms with van der Waals surface area (Å²) in [5, 5.41) is 5.99. The molecule has 2 aliphatic heterocycles. The Balaban J connectivity index is 1.50. The zero-order valence-corrected chi connectivity index (χ0v) is 10.7. The van der Waals surface area contributed by atoms with Crippen LogP contribution in [0.25, 0.3) is 0 Å². The monoisotopic (exact) mass is 251 g/mol. The molecule has 0 atom stereocenters. The van der Waals surface area contributed by atoms with E-state index in [1.165, 1.54) is 6.42 Å². The number of piperidine rings is 1. The summed E-state index contributed by atoms with van der Waals surface area (Å²) in [7, 11) is 0. The number of rotatable bonds is 1. The molecule has 1 spiro atoms. The van der Waals surface area contributed by atoms with E-state index in [2.05, 4.69) is 10.6 Å². The smallest absolute Gasteiger partial charge is 0.317 e. The van der Waals surface area contributed by atoms with E-state index in [1.54, 1.807) is 0 Å². The zero-order valence-electron chi connectivity index (χ0n) is 10.7. The SMILES string of the molecule is O=C1CC2(CCN(C(=O)NC3CCC3)CC2)CN1. The number of nitrogens with zero attached hydrogens (tertiary/aromatic N) is 1. The van der Waals surface area contributed by atoms with Gasteiger partial charge in [-0.25, -0.2) is 4.79 Å². The van der Waals surface area contributed by atoms with E-state index in [1.807, 2.05) is 4.90 Å². The van der Waals surface area contributed by atoms with Gasteiger partial charge >= 0.3 is 6.03 Å². The third kappa shape index (κ3) is 2.18. The number of urea groups is 1. The van der Waals surface area contributed by atoms with Gasteiger partial charge in [-0.15, -0.1) is 0 Å². The summed E-state index contributed by atoms with van der Waals surface area (Å²) in [5.41, 5.74) is 0.129. The van der Waals surface area contributed by atoms with Crippen LogP contribution in [-0.4, -0.2) is 42.5 Å². The second-order valence-electron chi connectivity index (χ2n) is 6.02. The molecule has 0 aromatic carbocycles. The van der Waals surface area contributed by atoms with Crippen molar-refractivity contribution in [3.8, 4) is 0 Å². The van der Waals surface area contributed by atoms with Crippen LogP contribution in [0, 0.1) is 5.41 Å². The highest BCUT2D eigenvalue weighted by Crippen LogP contribution is 2.37. The summed E-state index contributed by atoms with van der Waals surface area (Å²) in [6.45, 7) is 2.37. The van der Waals surface area contributed by atoms with Gasteiger partial charge in [0.05, 0.1) is 0 Å². The largest absolute Gasteiger partial charge is 0.356 e. The first-order valence-electron chi connectivity index (χ1n) is 6.99. The molecule has 0 aromatic heterocycles. The Morgan fingerprint density at radius 1 is 1.33 bits per heavy atom. The van der Waals surface area contributed by atoms with Crippen LogP contribution in [0.3, 0.4) is 0 Å². The Bertz CT molecular complexity index is 357. The number of amides is 3. The van der Waals surface area contributed by atoms with E-state index < -0.39 is 0 Å². The number of hydrogen-bond donors (Lipinski definition) is 2. The summed E-state index contributed by atoms with van der Waals surface area (Å²) in [5.74, 6) is 0.169. The van der Waals surface area contributed by atoms with E-state index in [9.17, 15) is 9.59 Å².